The van der Waals surface area contributed by atoms with Crippen molar-refractivity contribution in [2.45, 2.75) is 19.4 Å². The van der Waals surface area contributed by atoms with Crippen LogP contribution in [0.2, 0.25) is 0 Å². The molecule has 2 heterocycles. The van der Waals surface area contributed by atoms with Gasteiger partial charge in [0.25, 0.3) is 5.69 Å². The molecule has 39 heavy (non-hydrogen) atoms. The van der Waals surface area contributed by atoms with Crippen molar-refractivity contribution in [3.63, 3.8) is 0 Å². The molecule has 4 aromatic carbocycles. The Labute approximate surface area is 225 Å². The smallest absolute Gasteiger partial charge is 0.274 e. The minimum Gasteiger partial charge on any atom is -0.497 e. The number of rotatable bonds is 6. The van der Waals surface area contributed by atoms with Gasteiger partial charge >= 0.3 is 0 Å². The van der Waals surface area contributed by atoms with E-state index < -0.39 is 6.04 Å². The van der Waals surface area contributed by atoms with E-state index >= 15 is 0 Å². The molecule has 8 nitrogen and oxygen atoms in total. The first-order valence-electron chi connectivity index (χ1n) is 12.6. The van der Waals surface area contributed by atoms with E-state index in [-0.39, 0.29) is 10.6 Å². The number of nitrogens with zero attached hydrogens (tertiary/aromatic N) is 5. The standard InChI is InChI=1S/C31H25N5O3/c1-20-11-13-22(14-12-20)30-24-7-3-5-9-26(24)32-31(33-30)35-29(25-8-4-6-10-28(25)36(37)38)19-27(34-35)21-15-17-23(39-2)18-16-21/h3-18,29H,19H2,1-2H3/t29-/m0/s1. The van der Waals surface area contributed by atoms with Crippen molar-refractivity contribution in [3.05, 3.63) is 124 Å². The number of benzene rings is 4. The molecule has 192 valence electrons. The molecule has 0 spiro atoms. The average molecular weight is 516 g/mol. The normalized spacial score (nSPS) is 14.9. The molecule has 1 aliphatic heterocycles. The SMILES string of the molecule is COc1ccc(C2=NN(c3nc(-c4ccc(C)cc4)c4ccccc4n3)[C@H](c3ccccc3[N+](=O)[O-])C2)cc1. The number of hydrogen-bond donors (Lipinski definition) is 0. The van der Waals surface area contributed by atoms with Gasteiger partial charge in [0.15, 0.2) is 0 Å². The van der Waals surface area contributed by atoms with Crippen LogP contribution in [-0.2, 0) is 0 Å². The third-order valence-corrected chi connectivity index (χ3v) is 6.95. The van der Waals surface area contributed by atoms with Crippen molar-refractivity contribution >= 4 is 28.3 Å². The fourth-order valence-corrected chi connectivity index (χ4v) is 4.93. The molecule has 1 atom stereocenters. The van der Waals surface area contributed by atoms with Crippen molar-refractivity contribution in [1.82, 2.24) is 9.97 Å². The number of para-hydroxylation sites is 2. The molecule has 5 aromatic rings. The van der Waals surface area contributed by atoms with Gasteiger partial charge in [-0.3, -0.25) is 10.1 Å². The Morgan fingerprint density at radius 3 is 2.31 bits per heavy atom. The lowest BCUT2D eigenvalue weighted by molar-refractivity contribution is -0.385. The topological polar surface area (TPSA) is 93.8 Å². The number of ether oxygens (including phenoxy) is 1. The number of fused-ring (bicyclic) bond motifs is 1. The number of aromatic nitrogens is 2. The maximum absolute atomic E-state index is 12.0. The molecule has 0 saturated carbocycles. The van der Waals surface area contributed by atoms with E-state index in [0.29, 0.717) is 17.9 Å². The lowest BCUT2D eigenvalue weighted by Crippen LogP contribution is -2.22. The van der Waals surface area contributed by atoms with Crippen LogP contribution in [0.1, 0.15) is 29.2 Å². The van der Waals surface area contributed by atoms with Crippen LogP contribution >= 0.6 is 0 Å². The number of nitro groups is 1. The third-order valence-electron chi connectivity index (χ3n) is 6.95. The summed E-state index contributed by atoms with van der Waals surface area (Å²) in [5, 5.41) is 19.6. The first-order chi connectivity index (χ1) is 19.0. The number of hydrogen-bond acceptors (Lipinski definition) is 7. The Kier molecular flexibility index (Phi) is 6.20. The van der Waals surface area contributed by atoms with E-state index in [1.165, 1.54) is 6.07 Å². The molecule has 6 rings (SSSR count). The van der Waals surface area contributed by atoms with Gasteiger partial charge in [-0.1, -0.05) is 60.2 Å². The molecular weight excluding hydrogens is 490 g/mol. The Morgan fingerprint density at radius 1 is 0.872 bits per heavy atom. The summed E-state index contributed by atoms with van der Waals surface area (Å²) in [5.74, 6) is 1.13. The van der Waals surface area contributed by atoms with Crippen LogP contribution in [0.4, 0.5) is 11.6 Å². The number of anilines is 1. The van der Waals surface area contributed by atoms with Gasteiger partial charge in [0.1, 0.15) is 5.75 Å². The fourth-order valence-electron chi connectivity index (χ4n) is 4.93. The van der Waals surface area contributed by atoms with Crippen molar-refractivity contribution in [2.24, 2.45) is 5.10 Å². The zero-order chi connectivity index (χ0) is 26.9. The number of nitro benzene ring substituents is 1. The van der Waals surface area contributed by atoms with Gasteiger partial charge < -0.3 is 4.74 Å². The summed E-state index contributed by atoms with van der Waals surface area (Å²) < 4.78 is 5.31. The summed E-state index contributed by atoms with van der Waals surface area (Å²) in [6, 6.07) is 30.0. The molecule has 0 fully saturated rings. The molecule has 0 saturated heterocycles. The predicted molar refractivity (Wildman–Crippen MR) is 152 cm³/mol. The Balaban J connectivity index is 1.54. The monoisotopic (exact) mass is 515 g/mol. The third kappa shape index (κ3) is 4.57. The van der Waals surface area contributed by atoms with Gasteiger partial charge in [0.05, 0.1) is 40.6 Å². The lowest BCUT2D eigenvalue weighted by atomic mass is 9.97. The predicted octanol–water partition coefficient (Wildman–Crippen LogP) is 6.88. The highest BCUT2D eigenvalue weighted by molar-refractivity contribution is 6.03. The molecule has 0 aliphatic carbocycles. The van der Waals surface area contributed by atoms with E-state index in [2.05, 4.69) is 12.1 Å². The zero-order valence-electron chi connectivity index (χ0n) is 21.5. The van der Waals surface area contributed by atoms with Gasteiger partial charge in [-0.05, 0) is 48.9 Å². The van der Waals surface area contributed by atoms with Gasteiger partial charge in [0, 0.05) is 23.4 Å². The van der Waals surface area contributed by atoms with Crippen LogP contribution in [0.15, 0.2) is 102 Å². The minimum absolute atomic E-state index is 0.0400. The van der Waals surface area contributed by atoms with Crippen LogP contribution in [0.5, 0.6) is 5.75 Å². The van der Waals surface area contributed by atoms with E-state index in [9.17, 15) is 10.1 Å². The van der Waals surface area contributed by atoms with Crippen molar-refractivity contribution in [3.8, 4) is 17.0 Å². The number of methoxy groups -OCH3 is 1. The quantitative estimate of drug-likeness (QED) is 0.181. The maximum atomic E-state index is 12.0. The fraction of sp³-hybridized carbons (Fsp3) is 0.129. The van der Waals surface area contributed by atoms with Gasteiger partial charge in [-0.25, -0.2) is 15.0 Å². The Hall–Kier alpha value is -5.11. The average Bonchev–Trinajstić information content (AvgIpc) is 3.42. The highest BCUT2D eigenvalue weighted by Crippen LogP contribution is 2.40. The summed E-state index contributed by atoms with van der Waals surface area (Å²) in [5.41, 5.74) is 5.96. The van der Waals surface area contributed by atoms with E-state index in [1.54, 1.807) is 24.3 Å². The highest BCUT2D eigenvalue weighted by atomic mass is 16.6. The number of aryl methyl sites for hydroxylation is 1. The van der Waals surface area contributed by atoms with Crippen molar-refractivity contribution in [1.29, 1.82) is 0 Å². The first-order valence-corrected chi connectivity index (χ1v) is 12.6. The van der Waals surface area contributed by atoms with Gasteiger partial charge in [-0.2, -0.15) is 5.10 Å². The van der Waals surface area contributed by atoms with Crippen LogP contribution in [0.3, 0.4) is 0 Å². The van der Waals surface area contributed by atoms with Crippen LogP contribution in [-0.4, -0.2) is 27.7 Å². The highest BCUT2D eigenvalue weighted by Gasteiger charge is 2.36. The van der Waals surface area contributed by atoms with Crippen molar-refractivity contribution in [2.75, 3.05) is 12.1 Å². The summed E-state index contributed by atoms with van der Waals surface area (Å²) in [4.78, 5) is 21.5. The van der Waals surface area contributed by atoms with Crippen LogP contribution < -0.4 is 9.75 Å². The Morgan fingerprint density at radius 2 is 1.56 bits per heavy atom. The maximum Gasteiger partial charge on any atom is 0.274 e. The van der Waals surface area contributed by atoms with E-state index in [1.807, 2.05) is 73.7 Å². The number of hydrazone groups is 1. The first kappa shape index (κ1) is 24.2. The molecular formula is C31H25N5O3. The van der Waals surface area contributed by atoms with Gasteiger partial charge in [-0.15, -0.1) is 0 Å². The molecule has 0 N–H and O–H groups in total. The molecule has 1 aromatic heterocycles. The largest absolute Gasteiger partial charge is 0.497 e. The summed E-state index contributed by atoms with van der Waals surface area (Å²) in [7, 11) is 1.62. The van der Waals surface area contributed by atoms with Crippen LogP contribution in [0, 0.1) is 17.0 Å². The second kappa shape index (κ2) is 9.98. The zero-order valence-corrected chi connectivity index (χ0v) is 21.5. The molecule has 0 unspecified atom stereocenters. The lowest BCUT2D eigenvalue weighted by Gasteiger charge is -2.23. The molecule has 0 amide bonds. The molecule has 1 aliphatic rings. The van der Waals surface area contributed by atoms with Gasteiger partial charge in [0.2, 0.25) is 5.95 Å². The summed E-state index contributed by atoms with van der Waals surface area (Å²) >= 11 is 0. The second-order valence-corrected chi connectivity index (χ2v) is 9.41. The summed E-state index contributed by atoms with van der Waals surface area (Å²) in [6.07, 6.45) is 0.452. The molecule has 8 heteroatoms. The van der Waals surface area contributed by atoms with E-state index in [4.69, 9.17) is 19.8 Å². The van der Waals surface area contributed by atoms with Crippen molar-refractivity contribution < 1.29 is 9.66 Å². The van der Waals surface area contributed by atoms with Crippen LogP contribution in [0.25, 0.3) is 22.2 Å². The van der Waals surface area contributed by atoms with E-state index in [0.717, 1.165) is 44.7 Å². The summed E-state index contributed by atoms with van der Waals surface area (Å²) in [6.45, 7) is 2.05. The Bertz CT molecular complexity index is 1720. The second-order valence-electron chi connectivity index (χ2n) is 9.41. The molecule has 0 bridgehead atoms. The molecule has 0 radical (unpaired) electrons. The minimum atomic E-state index is -0.462.